The van der Waals surface area contributed by atoms with Crippen LogP contribution in [0.25, 0.3) is 0 Å². The molecule has 0 N–H and O–H groups in total. The number of allylic oxidation sites excluding steroid dienone is 2. The molecule has 0 saturated carbocycles. The fourth-order valence-corrected chi connectivity index (χ4v) is 1.23. The standard InChI is InChI=1S/C5H7ClO2S/c1-3-5(2)4-9(6,7)8/h3-4H,1H2,2H3/b5-4-. The van der Waals surface area contributed by atoms with Gasteiger partial charge in [0.05, 0.1) is 0 Å². The molecule has 0 radical (unpaired) electrons. The quantitative estimate of drug-likeness (QED) is 0.462. The third kappa shape index (κ3) is 5.59. The van der Waals surface area contributed by atoms with Gasteiger partial charge in [0.15, 0.2) is 0 Å². The molecule has 0 saturated heterocycles. The monoisotopic (exact) mass is 166 g/mol. The Balaban J connectivity index is 4.51. The molecule has 0 aliphatic carbocycles. The summed E-state index contributed by atoms with van der Waals surface area (Å²) in [4.78, 5) is 0. The second-order valence-corrected chi connectivity index (χ2v) is 4.02. The molecule has 4 heteroatoms. The zero-order chi connectivity index (χ0) is 7.49. The Morgan fingerprint density at radius 2 is 2.11 bits per heavy atom. The summed E-state index contributed by atoms with van der Waals surface area (Å²) in [6.45, 7) is 4.96. The first-order valence-corrected chi connectivity index (χ1v) is 4.58. The van der Waals surface area contributed by atoms with E-state index in [2.05, 4.69) is 6.58 Å². The Labute approximate surface area is 59.3 Å². The van der Waals surface area contributed by atoms with Gasteiger partial charge in [0.25, 0.3) is 9.05 Å². The van der Waals surface area contributed by atoms with E-state index < -0.39 is 9.05 Å². The summed E-state index contributed by atoms with van der Waals surface area (Å²) in [6, 6.07) is 0. The Morgan fingerprint density at radius 3 is 2.22 bits per heavy atom. The van der Waals surface area contributed by atoms with Crippen molar-refractivity contribution < 1.29 is 8.42 Å². The van der Waals surface area contributed by atoms with Crippen LogP contribution in [-0.4, -0.2) is 8.42 Å². The van der Waals surface area contributed by atoms with Crippen LogP contribution in [0.15, 0.2) is 23.6 Å². The van der Waals surface area contributed by atoms with Gasteiger partial charge in [-0.05, 0) is 12.5 Å². The summed E-state index contributed by atoms with van der Waals surface area (Å²) < 4.78 is 20.5. The maximum absolute atomic E-state index is 10.2. The Morgan fingerprint density at radius 1 is 1.67 bits per heavy atom. The average molecular weight is 167 g/mol. The maximum Gasteiger partial charge on any atom is 0.254 e. The minimum atomic E-state index is -3.50. The predicted octanol–water partition coefficient (Wildman–Crippen LogP) is 1.64. The lowest BCUT2D eigenvalue weighted by molar-refractivity contribution is 0.617. The van der Waals surface area contributed by atoms with E-state index in [9.17, 15) is 8.42 Å². The highest BCUT2D eigenvalue weighted by Gasteiger charge is 1.96. The van der Waals surface area contributed by atoms with Gasteiger partial charge in [-0.25, -0.2) is 8.42 Å². The van der Waals surface area contributed by atoms with Gasteiger partial charge in [0.1, 0.15) is 0 Å². The Kier molecular flexibility index (Phi) is 2.94. The molecule has 0 bridgehead atoms. The van der Waals surface area contributed by atoms with Crippen molar-refractivity contribution in [3.05, 3.63) is 23.6 Å². The van der Waals surface area contributed by atoms with Gasteiger partial charge in [-0.15, -0.1) is 0 Å². The predicted molar refractivity (Wildman–Crippen MR) is 38.7 cm³/mol. The molecule has 0 unspecified atom stereocenters. The SMILES string of the molecule is C=C/C(C)=C\S(=O)(=O)Cl. The molecule has 0 heterocycles. The van der Waals surface area contributed by atoms with Crippen LogP contribution in [0, 0.1) is 0 Å². The molecule has 0 aromatic heterocycles. The first-order chi connectivity index (χ1) is 3.95. The molecule has 0 aliphatic heterocycles. The van der Waals surface area contributed by atoms with Crippen LogP contribution in [-0.2, 0) is 9.05 Å². The van der Waals surface area contributed by atoms with Crippen molar-refractivity contribution in [2.45, 2.75) is 6.92 Å². The third-order valence-electron chi connectivity index (χ3n) is 0.649. The van der Waals surface area contributed by atoms with E-state index in [1.165, 1.54) is 6.08 Å². The Bertz CT molecular complexity index is 225. The first-order valence-electron chi connectivity index (χ1n) is 2.21. The number of hydrogen-bond acceptors (Lipinski definition) is 2. The third-order valence-corrected chi connectivity index (χ3v) is 1.57. The largest absolute Gasteiger partial charge is 0.254 e. The minimum absolute atomic E-state index is 0.532. The lowest BCUT2D eigenvalue weighted by Crippen LogP contribution is -1.80. The van der Waals surface area contributed by atoms with Crippen molar-refractivity contribution in [2.24, 2.45) is 0 Å². The second kappa shape index (κ2) is 3.03. The zero-order valence-corrected chi connectivity index (χ0v) is 6.54. The molecule has 52 valence electrons. The molecule has 2 nitrogen and oxygen atoms in total. The van der Waals surface area contributed by atoms with Gasteiger partial charge in [-0.2, -0.15) is 0 Å². The van der Waals surface area contributed by atoms with Crippen molar-refractivity contribution in [2.75, 3.05) is 0 Å². The van der Waals surface area contributed by atoms with Crippen molar-refractivity contribution in [3.63, 3.8) is 0 Å². The van der Waals surface area contributed by atoms with Crippen LogP contribution < -0.4 is 0 Å². The highest BCUT2D eigenvalue weighted by molar-refractivity contribution is 8.16. The van der Waals surface area contributed by atoms with Crippen LogP contribution in [0.1, 0.15) is 6.92 Å². The smallest absolute Gasteiger partial charge is 0.208 e. The molecule has 0 fully saturated rings. The van der Waals surface area contributed by atoms with Crippen molar-refractivity contribution in [1.29, 1.82) is 0 Å². The van der Waals surface area contributed by atoms with Gasteiger partial charge >= 0.3 is 0 Å². The van der Waals surface area contributed by atoms with E-state index in [1.807, 2.05) is 0 Å². The van der Waals surface area contributed by atoms with Gasteiger partial charge < -0.3 is 0 Å². The van der Waals surface area contributed by atoms with Crippen LogP contribution in [0.3, 0.4) is 0 Å². The first kappa shape index (κ1) is 8.72. The van der Waals surface area contributed by atoms with Gasteiger partial charge in [-0.3, -0.25) is 0 Å². The van der Waals surface area contributed by atoms with Crippen LogP contribution in [0.5, 0.6) is 0 Å². The number of hydrogen-bond donors (Lipinski definition) is 0. The van der Waals surface area contributed by atoms with E-state index >= 15 is 0 Å². The fraction of sp³-hybridized carbons (Fsp3) is 0.200. The minimum Gasteiger partial charge on any atom is -0.208 e. The van der Waals surface area contributed by atoms with Crippen LogP contribution in [0.2, 0.25) is 0 Å². The molecular formula is C5H7ClO2S. The molecule has 9 heavy (non-hydrogen) atoms. The van der Waals surface area contributed by atoms with E-state index in [-0.39, 0.29) is 0 Å². The van der Waals surface area contributed by atoms with E-state index in [4.69, 9.17) is 10.7 Å². The summed E-state index contributed by atoms with van der Waals surface area (Å²) in [6.07, 6.45) is 1.42. The fourth-order valence-electron chi connectivity index (χ4n) is 0.270. The molecule has 0 aromatic rings. The van der Waals surface area contributed by atoms with E-state index in [1.54, 1.807) is 6.92 Å². The molecule has 0 aliphatic rings. The molecule has 0 rings (SSSR count). The average Bonchev–Trinajstić information content (AvgIpc) is 1.62. The number of halogens is 1. The van der Waals surface area contributed by atoms with Gasteiger partial charge in [0.2, 0.25) is 0 Å². The van der Waals surface area contributed by atoms with Gasteiger partial charge in [0, 0.05) is 16.1 Å². The van der Waals surface area contributed by atoms with E-state index in [0.717, 1.165) is 5.41 Å². The maximum atomic E-state index is 10.2. The molecule has 0 atom stereocenters. The van der Waals surface area contributed by atoms with Crippen molar-refractivity contribution >= 4 is 19.7 Å². The molecule has 0 spiro atoms. The molecule has 0 amide bonds. The topological polar surface area (TPSA) is 34.1 Å². The summed E-state index contributed by atoms with van der Waals surface area (Å²) >= 11 is 0. The number of rotatable bonds is 2. The van der Waals surface area contributed by atoms with Crippen molar-refractivity contribution in [3.8, 4) is 0 Å². The second-order valence-electron chi connectivity index (χ2n) is 1.54. The zero-order valence-electron chi connectivity index (χ0n) is 4.96. The molecule has 0 aromatic carbocycles. The van der Waals surface area contributed by atoms with Crippen molar-refractivity contribution in [1.82, 2.24) is 0 Å². The van der Waals surface area contributed by atoms with Gasteiger partial charge in [-0.1, -0.05) is 12.7 Å². The summed E-state index contributed by atoms with van der Waals surface area (Å²) in [5.74, 6) is 0. The summed E-state index contributed by atoms with van der Waals surface area (Å²) in [5.41, 5.74) is 0.532. The van der Waals surface area contributed by atoms with Crippen LogP contribution in [0.4, 0.5) is 0 Å². The summed E-state index contributed by atoms with van der Waals surface area (Å²) in [7, 11) is 1.36. The van der Waals surface area contributed by atoms with Crippen LogP contribution >= 0.6 is 10.7 Å². The normalized spacial score (nSPS) is 13.3. The highest BCUT2D eigenvalue weighted by Crippen LogP contribution is 2.03. The molecular weight excluding hydrogens is 160 g/mol. The lowest BCUT2D eigenvalue weighted by atomic mass is 10.4. The Hall–Kier alpha value is -0.280. The lowest BCUT2D eigenvalue weighted by Gasteiger charge is -1.85. The van der Waals surface area contributed by atoms with E-state index in [0.29, 0.717) is 5.57 Å². The summed E-state index contributed by atoms with van der Waals surface area (Å²) in [5, 5.41) is 0.946. The highest BCUT2D eigenvalue weighted by atomic mass is 35.7.